The summed E-state index contributed by atoms with van der Waals surface area (Å²) in [4.78, 5) is 13.0. The Kier molecular flexibility index (Phi) is 5.57. The number of hydrogen-bond donors (Lipinski definition) is 4. The lowest BCUT2D eigenvalue weighted by atomic mass is 9.92. The molecule has 0 fully saturated rings. The number of aromatic hydroxyl groups is 4. The van der Waals surface area contributed by atoms with Crippen LogP contribution < -0.4 is 4.74 Å². The molecule has 1 aliphatic rings. The van der Waals surface area contributed by atoms with E-state index in [1.165, 1.54) is 12.1 Å². The number of fused-ring (bicyclic) bond motifs is 1. The Morgan fingerprint density at radius 3 is 1.97 bits per heavy atom. The second kappa shape index (κ2) is 8.24. The molecule has 0 saturated heterocycles. The largest absolute Gasteiger partial charge is 0.508 e. The van der Waals surface area contributed by atoms with Crippen molar-refractivity contribution in [3.63, 3.8) is 0 Å². The lowest BCUT2D eigenvalue weighted by Crippen LogP contribution is -2.35. The number of aryl methyl sites for hydroxylation is 4. The van der Waals surface area contributed by atoms with Gasteiger partial charge in [0.05, 0.1) is 5.56 Å². The van der Waals surface area contributed by atoms with Crippen LogP contribution in [-0.2, 0) is 11.2 Å². The number of rotatable bonds is 3. The molecule has 172 valence electrons. The molecule has 33 heavy (non-hydrogen) atoms. The van der Waals surface area contributed by atoms with Crippen LogP contribution in [0.2, 0.25) is 0 Å². The molecular formula is C26H26O7. The van der Waals surface area contributed by atoms with Crippen molar-refractivity contribution in [1.82, 2.24) is 0 Å². The van der Waals surface area contributed by atoms with E-state index in [1.54, 1.807) is 52.0 Å². The molecular weight excluding hydrogens is 424 g/mol. The Hall–Kier alpha value is -3.87. The molecule has 1 aliphatic heterocycles. The van der Waals surface area contributed by atoms with Crippen LogP contribution in [0.4, 0.5) is 0 Å². The highest BCUT2D eigenvalue weighted by Gasteiger charge is 2.37. The normalized spacial score (nSPS) is 17.2. The van der Waals surface area contributed by atoms with Crippen LogP contribution >= 0.6 is 0 Å². The van der Waals surface area contributed by atoms with Crippen LogP contribution in [0.5, 0.6) is 28.7 Å². The first-order chi connectivity index (χ1) is 15.5. The van der Waals surface area contributed by atoms with Crippen molar-refractivity contribution in [2.24, 2.45) is 0 Å². The molecule has 0 aromatic heterocycles. The van der Waals surface area contributed by atoms with Gasteiger partial charge in [0.1, 0.15) is 34.9 Å². The zero-order valence-corrected chi connectivity index (χ0v) is 18.8. The fourth-order valence-corrected chi connectivity index (χ4v) is 4.27. The van der Waals surface area contributed by atoms with Gasteiger partial charge >= 0.3 is 5.97 Å². The minimum absolute atomic E-state index is 0.124. The van der Waals surface area contributed by atoms with Crippen molar-refractivity contribution in [1.29, 1.82) is 0 Å². The second-order valence-corrected chi connectivity index (χ2v) is 8.59. The molecule has 0 amide bonds. The predicted octanol–water partition coefficient (Wildman–Crippen LogP) is 4.64. The van der Waals surface area contributed by atoms with Crippen molar-refractivity contribution in [3.05, 3.63) is 75.3 Å². The summed E-state index contributed by atoms with van der Waals surface area (Å²) in [6.07, 6.45) is -1.37. The van der Waals surface area contributed by atoms with Gasteiger partial charge in [-0.15, -0.1) is 0 Å². The van der Waals surface area contributed by atoms with Crippen molar-refractivity contribution in [2.75, 3.05) is 0 Å². The van der Waals surface area contributed by atoms with Crippen LogP contribution in [0.15, 0.2) is 36.4 Å². The van der Waals surface area contributed by atoms with E-state index >= 15 is 0 Å². The van der Waals surface area contributed by atoms with Gasteiger partial charge in [-0.25, -0.2) is 4.79 Å². The van der Waals surface area contributed by atoms with Crippen molar-refractivity contribution < 1.29 is 34.7 Å². The Bertz CT molecular complexity index is 1220. The number of carbonyl (C=O) groups is 1. The molecule has 0 radical (unpaired) electrons. The van der Waals surface area contributed by atoms with Crippen molar-refractivity contribution in [3.8, 4) is 28.7 Å². The van der Waals surface area contributed by atoms with Crippen LogP contribution in [-0.4, -0.2) is 32.5 Å². The Morgan fingerprint density at radius 2 is 1.39 bits per heavy atom. The quantitative estimate of drug-likeness (QED) is 0.429. The summed E-state index contributed by atoms with van der Waals surface area (Å²) < 4.78 is 12.0. The predicted molar refractivity (Wildman–Crippen MR) is 121 cm³/mol. The summed E-state index contributed by atoms with van der Waals surface area (Å²) >= 11 is 0. The van der Waals surface area contributed by atoms with Gasteiger partial charge in [-0.05, 0) is 79.8 Å². The molecule has 3 aromatic rings. The van der Waals surface area contributed by atoms with Gasteiger partial charge in [0.15, 0.2) is 6.10 Å². The first-order valence-electron chi connectivity index (χ1n) is 10.6. The molecule has 0 aliphatic carbocycles. The van der Waals surface area contributed by atoms with Crippen molar-refractivity contribution >= 4 is 5.97 Å². The SMILES string of the molecule is Cc1cc(C(=O)O[C@@H]2Cc3c(O)cc(O)cc3O[C@@H]2c2cc(C)c(O)c(C)c2)cc(C)c1O. The van der Waals surface area contributed by atoms with E-state index in [9.17, 15) is 25.2 Å². The van der Waals surface area contributed by atoms with Gasteiger partial charge in [-0.1, -0.05) is 0 Å². The average molecular weight is 450 g/mol. The number of ether oxygens (including phenoxy) is 2. The molecule has 0 bridgehead atoms. The summed E-state index contributed by atoms with van der Waals surface area (Å²) in [7, 11) is 0. The van der Waals surface area contributed by atoms with Crippen LogP contribution in [0.25, 0.3) is 0 Å². The maximum absolute atomic E-state index is 13.0. The van der Waals surface area contributed by atoms with Crippen LogP contribution in [0.1, 0.15) is 49.8 Å². The van der Waals surface area contributed by atoms with E-state index in [0.717, 1.165) is 0 Å². The molecule has 0 unspecified atom stereocenters. The molecule has 1 heterocycles. The first kappa shape index (κ1) is 22.3. The monoisotopic (exact) mass is 450 g/mol. The summed E-state index contributed by atoms with van der Waals surface area (Å²) in [5, 5.41) is 40.5. The van der Waals surface area contributed by atoms with Gasteiger partial charge in [-0.2, -0.15) is 0 Å². The average Bonchev–Trinajstić information content (AvgIpc) is 2.75. The molecule has 3 aromatic carbocycles. The minimum Gasteiger partial charge on any atom is -0.508 e. The number of benzene rings is 3. The van der Waals surface area contributed by atoms with E-state index in [2.05, 4.69) is 0 Å². The van der Waals surface area contributed by atoms with E-state index < -0.39 is 18.2 Å². The van der Waals surface area contributed by atoms with E-state index in [1.807, 2.05) is 0 Å². The number of hydrogen-bond acceptors (Lipinski definition) is 7. The van der Waals surface area contributed by atoms with Gasteiger partial charge in [0.25, 0.3) is 0 Å². The highest BCUT2D eigenvalue weighted by molar-refractivity contribution is 5.90. The van der Waals surface area contributed by atoms with Gasteiger partial charge < -0.3 is 29.9 Å². The lowest BCUT2D eigenvalue weighted by molar-refractivity contribution is -0.0188. The number of carbonyl (C=O) groups excluding carboxylic acids is 1. The highest BCUT2D eigenvalue weighted by Crippen LogP contribution is 2.43. The zero-order chi connectivity index (χ0) is 24.0. The summed E-state index contributed by atoms with van der Waals surface area (Å²) in [5.74, 6) is -0.293. The number of phenolic OH excluding ortho intramolecular Hbond substituents is 4. The van der Waals surface area contributed by atoms with Gasteiger partial charge in [0.2, 0.25) is 0 Å². The smallest absolute Gasteiger partial charge is 0.338 e. The Morgan fingerprint density at radius 1 is 0.848 bits per heavy atom. The van der Waals surface area contributed by atoms with E-state index in [-0.39, 0.29) is 29.4 Å². The minimum atomic E-state index is -0.793. The molecule has 2 atom stereocenters. The molecule has 7 nitrogen and oxygen atoms in total. The Labute approximate surface area is 191 Å². The summed E-state index contributed by atoms with van der Waals surface area (Å²) in [5.41, 5.74) is 3.81. The maximum Gasteiger partial charge on any atom is 0.338 e. The van der Waals surface area contributed by atoms with Gasteiger partial charge in [0, 0.05) is 24.1 Å². The van der Waals surface area contributed by atoms with Crippen LogP contribution in [0.3, 0.4) is 0 Å². The van der Waals surface area contributed by atoms with Crippen molar-refractivity contribution in [2.45, 2.75) is 46.3 Å². The van der Waals surface area contributed by atoms with E-state index in [4.69, 9.17) is 9.47 Å². The molecule has 4 N–H and O–H groups in total. The third-order valence-electron chi connectivity index (χ3n) is 5.99. The molecule has 0 spiro atoms. The van der Waals surface area contributed by atoms with Gasteiger partial charge in [-0.3, -0.25) is 0 Å². The second-order valence-electron chi connectivity index (χ2n) is 8.59. The lowest BCUT2D eigenvalue weighted by Gasteiger charge is -2.34. The molecule has 0 saturated carbocycles. The maximum atomic E-state index is 13.0. The summed E-state index contributed by atoms with van der Waals surface area (Å²) in [6, 6.07) is 9.26. The topological polar surface area (TPSA) is 116 Å². The molecule has 7 heteroatoms. The number of esters is 1. The Balaban J connectivity index is 1.75. The fourth-order valence-electron chi connectivity index (χ4n) is 4.27. The first-order valence-corrected chi connectivity index (χ1v) is 10.6. The number of phenols is 4. The molecule has 4 rings (SSSR count). The fraction of sp³-hybridized carbons (Fsp3) is 0.269. The van der Waals surface area contributed by atoms with Crippen LogP contribution in [0, 0.1) is 27.7 Å². The zero-order valence-electron chi connectivity index (χ0n) is 18.8. The third kappa shape index (κ3) is 4.14. The highest BCUT2D eigenvalue weighted by atomic mass is 16.6. The summed E-state index contributed by atoms with van der Waals surface area (Å²) in [6.45, 7) is 6.94. The third-order valence-corrected chi connectivity index (χ3v) is 5.99. The van der Waals surface area contributed by atoms with E-state index in [0.29, 0.717) is 44.7 Å². The standard InChI is InChI=1S/C26H26O7/c1-12-5-16(6-13(2)23(12)29)25-22(11-19-20(28)9-18(27)10-21(19)32-25)33-26(31)17-7-14(3)24(30)15(4)8-17/h5-10,22,25,27-30H,11H2,1-4H3/t22-,25-/m1/s1.